The quantitative estimate of drug-likeness (QED) is 0.604. The maximum atomic E-state index is 12.2. The van der Waals surface area contributed by atoms with E-state index in [0.29, 0.717) is 12.3 Å². The fourth-order valence-corrected chi connectivity index (χ4v) is 3.06. The highest BCUT2D eigenvalue weighted by molar-refractivity contribution is 8.00. The molecule has 0 aliphatic carbocycles. The monoisotopic (exact) mass is 345 g/mol. The minimum absolute atomic E-state index is 0. The molecule has 1 amide bonds. The highest BCUT2D eigenvalue weighted by atomic mass is 35.5. The van der Waals surface area contributed by atoms with Crippen LogP contribution in [0, 0.1) is 0 Å². The number of piperidine rings is 1. The first kappa shape index (κ1) is 19.2. The van der Waals surface area contributed by atoms with E-state index in [1.165, 1.54) is 0 Å². The Morgan fingerprint density at radius 2 is 2.05 bits per heavy atom. The summed E-state index contributed by atoms with van der Waals surface area (Å²) in [6, 6.07) is 3.85. The Morgan fingerprint density at radius 1 is 1.36 bits per heavy atom. The number of pyridine rings is 1. The van der Waals surface area contributed by atoms with Crippen LogP contribution in [0.25, 0.3) is 0 Å². The summed E-state index contributed by atoms with van der Waals surface area (Å²) in [6.07, 6.45) is 6.54. The van der Waals surface area contributed by atoms with E-state index >= 15 is 0 Å². The Morgan fingerprint density at radius 3 is 2.68 bits per heavy atom. The number of nitrogens with two attached hydrogens (primary N) is 1. The Kier molecular flexibility index (Phi) is 9.47. The fraction of sp³-hybridized carbons (Fsp3) is 0.600. The molecule has 0 unspecified atom stereocenters. The van der Waals surface area contributed by atoms with Gasteiger partial charge in [-0.1, -0.05) is 0 Å². The first-order valence-electron chi connectivity index (χ1n) is 7.42. The van der Waals surface area contributed by atoms with Crippen LogP contribution >= 0.6 is 24.2 Å². The number of carbonyl (C=O) groups excluding carboxylic acids is 1. The summed E-state index contributed by atoms with van der Waals surface area (Å²) < 4.78 is 5.75. The van der Waals surface area contributed by atoms with Gasteiger partial charge in [0.2, 0.25) is 5.91 Å². The summed E-state index contributed by atoms with van der Waals surface area (Å²) in [5.74, 6) is 0.695. The predicted octanol–water partition coefficient (Wildman–Crippen LogP) is 1.95. The molecule has 0 radical (unpaired) electrons. The van der Waals surface area contributed by atoms with Gasteiger partial charge in [0.25, 0.3) is 0 Å². The third kappa shape index (κ3) is 6.52. The van der Waals surface area contributed by atoms with Crippen LogP contribution in [-0.2, 0) is 9.53 Å². The number of thioether (sulfide) groups is 1. The van der Waals surface area contributed by atoms with Crippen LogP contribution in [0.2, 0.25) is 0 Å². The van der Waals surface area contributed by atoms with Crippen molar-refractivity contribution in [3.05, 3.63) is 24.5 Å². The third-order valence-electron chi connectivity index (χ3n) is 3.51. The van der Waals surface area contributed by atoms with E-state index in [2.05, 4.69) is 4.98 Å². The van der Waals surface area contributed by atoms with Gasteiger partial charge in [0.05, 0.1) is 11.9 Å². The van der Waals surface area contributed by atoms with Crippen LogP contribution in [0.3, 0.4) is 0 Å². The molecule has 2 N–H and O–H groups in total. The van der Waals surface area contributed by atoms with Crippen molar-refractivity contribution >= 4 is 30.1 Å². The van der Waals surface area contributed by atoms with Gasteiger partial charge >= 0.3 is 0 Å². The number of halogens is 1. The molecule has 0 bridgehead atoms. The largest absolute Gasteiger partial charge is 0.378 e. The molecule has 0 spiro atoms. The minimum atomic E-state index is 0. The summed E-state index contributed by atoms with van der Waals surface area (Å²) in [6.45, 7) is 2.99. The topological polar surface area (TPSA) is 68.5 Å². The van der Waals surface area contributed by atoms with Crippen LogP contribution < -0.4 is 5.73 Å². The number of likely N-dealkylation sites (tertiary alicyclic amines) is 1. The van der Waals surface area contributed by atoms with Crippen molar-refractivity contribution in [1.29, 1.82) is 0 Å². The zero-order valence-corrected chi connectivity index (χ0v) is 14.3. The van der Waals surface area contributed by atoms with Gasteiger partial charge in [0.15, 0.2) is 0 Å². The molecule has 22 heavy (non-hydrogen) atoms. The van der Waals surface area contributed by atoms with E-state index in [0.717, 1.165) is 43.9 Å². The summed E-state index contributed by atoms with van der Waals surface area (Å²) >= 11 is 1.56. The van der Waals surface area contributed by atoms with Gasteiger partial charge < -0.3 is 15.4 Å². The lowest BCUT2D eigenvalue weighted by Crippen LogP contribution is -2.41. The molecule has 5 nitrogen and oxygen atoms in total. The zero-order valence-electron chi connectivity index (χ0n) is 12.6. The van der Waals surface area contributed by atoms with Gasteiger partial charge in [0, 0.05) is 37.0 Å². The normalized spacial score (nSPS) is 15.4. The van der Waals surface area contributed by atoms with Crippen molar-refractivity contribution in [2.45, 2.75) is 30.3 Å². The van der Waals surface area contributed by atoms with Crippen molar-refractivity contribution in [2.75, 3.05) is 32.0 Å². The molecule has 0 atom stereocenters. The van der Waals surface area contributed by atoms with Crippen molar-refractivity contribution in [1.82, 2.24) is 9.88 Å². The van der Waals surface area contributed by atoms with Crippen molar-refractivity contribution in [3.63, 3.8) is 0 Å². The number of carbonyl (C=O) groups is 1. The van der Waals surface area contributed by atoms with E-state index in [9.17, 15) is 4.79 Å². The molecule has 124 valence electrons. The first-order chi connectivity index (χ1) is 10.3. The lowest BCUT2D eigenvalue weighted by atomic mass is 10.1. The Balaban J connectivity index is 0.00000242. The van der Waals surface area contributed by atoms with E-state index < -0.39 is 0 Å². The molecule has 1 aliphatic heterocycles. The summed E-state index contributed by atoms with van der Waals surface area (Å²) in [5.41, 5.74) is 5.45. The second-order valence-corrected chi connectivity index (χ2v) is 6.11. The summed E-state index contributed by atoms with van der Waals surface area (Å²) in [5, 5.41) is 0. The van der Waals surface area contributed by atoms with Gasteiger partial charge in [-0.3, -0.25) is 9.78 Å². The third-order valence-corrected chi connectivity index (χ3v) is 4.51. The van der Waals surface area contributed by atoms with Crippen molar-refractivity contribution in [2.24, 2.45) is 5.73 Å². The van der Waals surface area contributed by atoms with Gasteiger partial charge in [-0.2, -0.15) is 0 Å². The van der Waals surface area contributed by atoms with Gasteiger partial charge in [-0.25, -0.2) is 0 Å². The highest BCUT2D eigenvalue weighted by Crippen LogP contribution is 2.19. The first-order valence-corrected chi connectivity index (χ1v) is 8.40. The molecule has 0 aromatic carbocycles. The smallest absolute Gasteiger partial charge is 0.232 e. The zero-order chi connectivity index (χ0) is 14.9. The number of hydrogen-bond donors (Lipinski definition) is 1. The summed E-state index contributed by atoms with van der Waals surface area (Å²) in [7, 11) is 0. The van der Waals surface area contributed by atoms with Crippen LogP contribution in [0.4, 0.5) is 0 Å². The average molecular weight is 346 g/mol. The van der Waals surface area contributed by atoms with Gasteiger partial charge in [-0.15, -0.1) is 24.2 Å². The molecular weight excluding hydrogens is 322 g/mol. The number of hydrogen-bond acceptors (Lipinski definition) is 5. The number of ether oxygens (including phenoxy) is 1. The molecule has 1 aromatic rings. The standard InChI is InChI=1S/C15H23N3O2S.ClH/c16-6-1-11-20-13-4-9-18(10-5-13)15(19)12-21-14-2-7-17-8-3-14;/h2-3,7-8,13H,1,4-6,9-12,16H2;1H. The van der Waals surface area contributed by atoms with E-state index in [1.807, 2.05) is 17.0 Å². The molecule has 1 saturated heterocycles. The highest BCUT2D eigenvalue weighted by Gasteiger charge is 2.22. The number of aromatic nitrogens is 1. The second kappa shape index (κ2) is 10.8. The Hall–Kier alpha value is -0.820. The number of amides is 1. The van der Waals surface area contributed by atoms with E-state index in [4.69, 9.17) is 10.5 Å². The molecule has 7 heteroatoms. The molecule has 1 fully saturated rings. The van der Waals surface area contributed by atoms with Gasteiger partial charge in [-0.05, 0) is 37.9 Å². The molecule has 1 aliphatic rings. The van der Waals surface area contributed by atoms with Crippen LogP contribution in [0.15, 0.2) is 29.4 Å². The number of nitrogens with zero attached hydrogens (tertiary/aromatic N) is 2. The molecule has 2 rings (SSSR count). The Labute approximate surface area is 142 Å². The van der Waals surface area contributed by atoms with Crippen LogP contribution in [0.5, 0.6) is 0 Å². The van der Waals surface area contributed by atoms with E-state index in [1.54, 1.807) is 24.2 Å². The minimum Gasteiger partial charge on any atom is -0.378 e. The second-order valence-electron chi connectivity index (χ2n) is 5.06. The van der Waals surface area contributed by atoms with Crippen LogP contribution in [0.1, 0.15) is 19.3 Å². The molecule has 2 heterocycles. The Bertz CT molecular complexity index is 428. The van der Waals surface area contributed by atoms with E-state index in [-0.39, 0.29) is 24.4 Å². The van der Waals surface area contributed by atoms with Crippen molar-refractivity contribution in [3.8, 4) is 0 Å². The average Bonchev–Trinajstić information content (AvgIpc) is 2.54. The lowest BCUT2D eigenvalue weighted by molar-refractivity contribution is -0.130. The molecule has 1 aromatic heterocycles. The summed E-state index contributed by atoms with van der Waals surface area (Å²) in [4.78, 5) is 19.2. The maximum absolute atomic E-state index is 12.2. The molecular formula is C15H24ClN3O2S. The fourth-order valence-electron chi connectivity index (χ4n) is 2.28. The number of rotatable bonds is 7. The van der Waals surface area contributed by atoms with Gasteiger partial charge in [0.1, 0.15) is 0 Å². The molecule has 0 saturated carbocycles. The van der Waals surface area contributed by atoms with Crippen molar-refractivity contribution < 1.29 is 9.53 Å². The SMILES string of the molecule is Cl.NCCCOC1CCN(C(=O)CSc2ccncc2)CC1. The predicted molar refractivity (Wildman–Crippen MR) is 91.4 cm³/mol. The lowest BCUT2D eigenvalue weighted by Gasteiger charge is -2.32. The van der Waals surface area contributed by atoms with Crippen LogP contribution in [-0.4, -0.2) is 53.9 Å². The maximum Gasteiger partial charge on any atom is 0.232 e.